The summed E-state index contributed by atoms with van der Waals surface area (Å²) in [6, 6.07) is 12.9. The van der Waals surface area contributed by atoms with Gasteiger partial charge < -0.3 is 10.1 Å². The molecule has 0 aliphatic heterocycles. The van der Waals surface area contributed by atoms with Crippen molar-refractivity contribution in [3.63, 3.8) is 0 Å². The summed E-state index contributed by atoms with van der Waals surface area (Å²) in [6.07, 6.45) is 4.91. The van der Waals surface area contributed by atoms with Gasteiger partial charge in [-0.1, -0.05) is 31.2 Å². The Morgan fingerprint density at radius 1 is 1.25 bits per heavy atom. The molecule has 1 aromatic heterocycles. The van der Waals surface area contributed by atoms with E-state index in [1.165, 1.54) is 12.0 Å². The van der Waals surface area contributed by atoms with Gasteiger partial charge in [0.2, 0.25) is 0 Å². The van der Waals surface area contributed by atoms with Crippen molar-refractivity contribution in [2.75, 3.05) is 0 Å². The Labute approximate surface area is 120 Å². The van der Waals surface area contributed by atoms with E-state index in [0.29, 0.717) is 12.6 Å². The molecule has 1 aliphatic carbocycles. The average molecular weight is 268 g/mol. The maximum absolute atomic E-state index is 5.92. The van der Waals surface area contributed by atoms with Crippen LogP contribution in [0.15, 0.2) is 48.8 Å². The van der Waals surface area contributed by atoms with Crippen LogP contribution in [-0.2, 0) is 13.2 Å². The Kier molecular flexibility index (Phi) is 3.97. The molecule has 2 aromatic rings. The molecule has 2 atom stereocenters. The van der Waals surface area contributed by atoms with E-state index in [-0.39, 0.29) is 0 Å². The van der Waals surface area contributed by atoms with Gasteiger partial charge in [0.05, 0.1) is 0 Å². The summed E-state index contributed by atoms with van der Waals surface area (Å²) in [5.74, 6) is 1.77. The van der Waals surface area contributed by atoms with E-state index >= 15 is 0 Å². The van der Waals surface area contributed by atoms with E-state index in [9.17, 15) is 0 Å². The summed E-state index contributed by atoms with van der Waals surface area (Å²) >= 11 is 0. The second-order valence-corrected chi connectivity index (χ2v) is 5.46. The minimum absolute atomic E-state index is 0.560. The molecule has 104 valence electrons. The summed E-state index contributed by atoms with van der Waals surface area (Å²) in [5, 5.41) is 3.57. The molecule has 1 heterocycles. The minimum atomic E-state index is 0.560. The van der Waals surface area contributed by atoms with Crippen molar-refractivity contribution in [3.05, 3.63) is 59.9 Å². The summed E-state index contributed by atoms with van der Waals surface area (Å²) in [5.41, 5.74) is 2.31. The molecule has 3 heteroatoms. The first-order valence-corrected chi connectivity index (χ1v) is 7.16. The Balaban J connectivity index is 1.60. The normalized spacial score (nSPS) is 20.6. The predicted octanol–water partition coefficient (Wildman–Crippen LogP) is 3.16. The third-order valence-electron chi connectivity index (χ3n) is 3.75. The largest absolute Gasteiger partial charge is 0.489 e. The highest BCUT2D eigenvalue weighted by Gasteiger charge is 2.31. The molecular weight excluding hydrogens is 248 g/mol. The van der Waals surface area contributed by atoms with Crippen LogP contribution >= 0.6 is 0 Å². The highest BCUT2D eigenvalue weighted by atomic mass is 16.5. The van der Waals surface area contributed by atoms with Crippen LogP contribution < -0.4 is 10.1 Å². The van der Waals surface area contributed by atoms with Crippen LogP contribution in [0.4, 0.5) is 0 Å². The highest BCUT2D eigenvalue weighted by molar-refractivity contribution is 5.33. The molecule has 0 spiro atoms. The molecule has 1 aromatic carbocycles. The maximum atomic E-state index is 5.92. The smallest absolute Gasteiger partial charge is 0.124 e. The molecule has 0 amide bonds. The van der Waals surface area contributed by atoms with Crippen LogP contribution in [0.1, 0.15) is 24.5 Å². The van der Waals surface area contributed by atoms with Crippen molar-refractivity contribution in [3.8, 4) is 5.75 Å². The fourth-order valence-corrected chi connectivity index (χ4v) is 2.28. The zero-order valence-electron chi connectivity index (χ0n) is 11.8. The van der Waals surface area contributed by atoms with Crippen molar-refractivity contribution in [2.24, 2.45) is 5.92 Å². The number of hydrogen-bond donors (Lipinski definition) is 1. The number of nitrogens with zero attached hydrogens (tertiary/aromatic N) is 1. The monoisotopic (exact) mass is 268 g/mol. The number of para-hydroxylation sites is 1. The van der Waals surface area contributed by atoms with Gasteiger partial charge in [-0.25, -0.2) is 0 Å². The molecule has 0 unspecified atom stereocenters. The van der Waals surface area contributed by atoms with Crippen LogP contribution in [0.2, 0.25) is 0 Å². The number of benzene rings is 1. The van der Waals surface area contributed by atoms with Crippen LogP contribution in [0, 0.1) is 5.92 Å². The van der Waals surface area contributed by atoms with E-state index in [1.807, 2.05) is 30.5 Å². The lowest BCUT2D eigenvalue weighted by Crippen LogP contribution is -2.17. The lowest BCUT2D eigenvalue weighted by Gasteiger charge is -2.12. The lowest BCUT2D eigenvalue weighted by atomic mass is 10.2. The number of hydrogen-bond acceptors (Lipinski definition) is 3. The number of ether oxygens (including phenoxy) is 1. The average Bonchev–Trinajstić information content (AvgIpc) is 3.20. The molecule has 3 nitrogen and oxygen atoms in total. The zero-order chi connectivity index (χ0) is 13.8. The van der Waals surface area contributed by atoms with Gasteiger partial charge in [-0.3, -0.25) is 4.98 Å². The van der Waals surface area contributed by atoms with Crippen molar-refractivity contribution in [2.45, 2.75) is 32.5 Å². The first-order valence-electron chi connectivity index (χ1n) is 7.16. The number of rotatable bonds is 6. The van der Waals surface area contributed by atoms with Gasteiger partial charge in [-0.05, 0) is 24.5 Å². The SMILES string of the molecule is C[C@@H]1C[C@@H]1NCc1ccccc1OCc1cccnc1. The maximum Gasteiger partial charge on any atom is 0.124 e. The van der Waals surface area contributed by atoms with Crippen LogP contribution in [0.3, 0.4) is 0 Å². The summed E-state index contributed by atoms with van der Waals surface area (Å²) < 4.78 is 5.92. The second-order valence-electron chi connectivity index (χ2n) is 5.46. The van der Waals surface area contributed by atoms with Crippen LogP contribution in [0.5, 0.6) is 5.75 Å². The molecular formula is C17H20N2O. The number of pyridine rings is 1. The first kappa shape index (κ1) is 13.1. The zero-order valence-corrected chi connectivity index (χ0v) is 11.8. The molecule has 1 N–H and O–H groups in total. The molecule has 3 rings (SSSR count). The quantitative estimate of drug-likeness (QED) is 0.874. The fraction of sp³-hybridized carbons (Fsp3) is 0.353. The van der Waals surface area contributed by atoms with Gasteiger partial charge in [0.1, 0.15) is 12.4 Å². The van der Waals surface area contributed by atoms with E-state index in [1.54, 1.807) is 6.20 Å². The molecule has 0 saturated heterocycles. The Bertz CT molecular complexity index is 556. The van der Waals surface area contributed by atoms with Crippen molar-refractivity contribution in [1.82, 2.24) is 10.3 Å². The fourth-order valence-electron chi connectivity index (χ4n) is 2.28. The Hall–Kier alpha value is -1.87. The van der Waals surface area contributed by atoms with Gasteiger partial charge in [0.25, 0.3) is 0 Å². The molecule has 1 saturated carbocycles. The Morgan fingerprint density at radius 2 is 2.10 bits per heavy atom. The standard InChI is InChI=1S/C17H20N2O/c1-13-9-16(13)19-11-15-6-2-3-7-17(15)20-12-14-5-4-8-18-10-14/h2-8,10,13,16,19H,9,11-12H2,1H3/t13-,16+/m1/s1. The Morgan fingerprint density at radius 3 is 2.85 bits per heavy atom. The minimum Gasteiger partial charge on any atom is -0.489 e. The van der Waals surface area contributed by atoms with E-state index in [2.05, 4.69) is 29.4 Å². The van der Waals surface area contributed by atoms with Gasteiger partial charge in [-0.2, -0.15) is 0 Å². The molecule has 1 fully saturated rings. The third kappa shape index (κ3) is 3.36. The van der Waals surface area contributed by atoms with E-state index in [4.69, 9.17) is 4.74 Å². The highest BCUT2D eigenvalue weighted by Crippen LogP contribution is 2.30. The first-order chi connectivity index (χ1) is 9.83. The predicted molar refractivity (Wildman–Crippen MR) is 79.4 cm³/mol. The lowest BCUT2D eigenvalue weighted by molar-refractivity contribution is 0.301. The van der Waals surface area contributed by atoms with Gasteiger partial charge in [0.15, 0.2) is 0 Å². The van der Waals surface area contributed by atoms with E-state index < -0.39 is 0 Å². The number of nitrogens with one attached hydrogen (secondary N) is 1. The molecule has 20 heavy (non-hydrogen) atoms. The second kappa shape index (κ2) is 6.06. The molecule has 0 bridgehead atoms. The van der Waals surface area contributed by atoms with E-state index in [0.717, 1.165) is 23.8 Å². The molecule has 0 radical (unpaired) electrons. The topological polar surface area (TPSA) is 34.1 Å². The van der Waals surface area contributed by atoms with Crippen LogP contribution in [-0.4, -0.2) is 11.0 Å². The molecule has 1 aliphatic rings. The van der Waals surface area contributed by atoms with Crippen LogP contribution in [0.25, 0.3) is 0 Å². The van der Waals surface area contributed by atoms with Crippen molar-refractivity contribution in [1.29, 1.82) is 0 Å². The van der Waals surface area contributed by atoms with Gasteiger partial charge in [-0.15, -0.1) is 0 Å². The van der Waals surface area contributed by atoms with Gasteiger partial charge in [0, 0.05) is 36.1 Å². The van der Waals surface area contributed by atoms with Crippen molar-refractivity contribution >= 4 is 0 Å². The third-order valence-corrected chi connectivity index (χ3v) is 3.75. The summed E-state index contributed by atoms with van der Waals surface area (Å²) in [7, 11) is 0. The summed E-state index contributed by atoms with van der Waals surface area (Å²) in [4.78, 5) is 4.10. The van der Waals surface area contributed by atoms with Gasteiger partial charge >= 0.3 is 0 Å². The van der Waals surface area contributed by atoms with Crippen molar-refractivity contribution < 1.29 is 4.74 Å². The summed E-state index contributed by atoms with van der Waals surface area (Å²) in [6.45, 7) is 3.71. The number of aromatic nitrogens is 1.